The number of nitrogens with one attached hydrogen (secondary N) is 2. The number of rotatable bonds is 4. The Balaban J connectivity index is 1.70. The van der Waals surface area contributed by atoms with E-state index in [-0.39, 0.29) is 5.69 Å². The number of halogens is 1. The zero-order valence-electron chi connectivity index (χ0n) is 13.2. The lowest BCUT2D eigenvalue weighted by atomic mass is 10.1. The van der Waals surface area contributed by atoms with Crippen LogP contribution in [0.1, 0.15) is 11.4 Å². The SMILES string of the molecule is Cc1nccn1-c1ccccc1CNC(=O)Nc1ccccc1F. The second-order valence-corrected chi connectivity index (χ2v) is 5.26. The minimum absolute atomic E-state index is 0.147. The number of hydrogen-bond acceptors (Lipinski definition) is 2. The average molecular weight is 324 g/mol. The van der Waals surface area contributed by atoms with Crippen LogP contribution in [0.25, 0.3) is 5.69 Å². The van der Waals surface area contributed by atoms with Crippen LogP contribution in [0.5, 0.6) is 0 Å². The van der Waals surface area contributed by atoms with E-state index in [9.17, 15) is 9.18 Å². The maximum Gasteiger partial charge on any atom is 0.319 e. The molecule has 1 aromatic heterocycles. The van der Waals surface area contributed by atoms with Gasteiger partial charge in [-0.25, -0.2) is 14.2 Å². The van der Waals surface area contributed by atoms with Gasteiger partial charge in [-0.15, -0.1) is 0 Å². The van der Waals surface area contributed by atoms with Gasteiger partial charge in [-0.1, -0.05) is 30.3 Å². The number of benzene rings is 2. The standard InChI is InChI=1S/C18H17FN4O/c1-13-20-10-11-23(13)17-9-5-2-6-14(17)12-21-18(24)22-16-8-4-3-7-15(16)19/h2-11H,12H2,1H3,(H2,21,22,24). The van der Waals surface area contributed by atoms with Crippen molar-refractivity contribution in [2.75, 3.05) is 5.32 Å². The highest BCUT2D eigenvalue weighted by atomic mass is 19.1. The van der Waals surface area contributed by atoms with Crippen molar-refractivity contribution >= 4 is 11.7 Å². The molecule has 122 valence electrons. The summed E-state index contributed by atoms with van der Waals surface area (Å²) in [5.41, 5.74) is 2.02. The van der Waals surface area contributed by atoms with Gasteiger partial charge in [0.2, 0.25) is 0 Å². The molecule has 5 nitrogen and oxygen atoms in total. The molecule has 0 aliphatic carbocycles. The molecule has 0 atom stereocenters. The number of aryl methyl sites for hydroxylation is 1. The molecule has 0 aliphatic rings. The number of para-hydroxylation sites is 2. The number of carbonyl (C=O) groups is 1. The number of urea groups is 1. The molecule has 2 aromatic carbocycles. The lowest BCUT2D eigenvalue weighted by Crippen LogP contribution is -2.29. The quantitative estimate of drug-likeness (QED) is 0.770. The van der Waals surface area contributed by atoms with Gasteiger partial charge in [0.15, 0.2) is 0 Å². The van der Waals surface area contributed by atoms with Crippen LogP contribution in [0.3, 0.4) is 0 Å². The van der Waals surface area contributed by atoms with Gasteiger partial charge in [0, 0.05) is 18.9 Å². The third kappa shape index (κ3) is 3.43. The van der Waals surface area contributed by atoms with Crippen molar-refractivity contribution < 1.29 is 9.18 Å². The van der Waals surface area contributed by atoms with Crippen LogP contribution in [0.2, 0.25) is 0 Å². The highest BCUT2D eigenvalue weighted by Crippen LogP contribution is 2.16. The van der Waals surface area contributed by atoms with E-state index in [1.807, 2.05) is 42.0 Å². The number of aromatic nitrogens is 2. The lowest BCUT2D eigenvalue weighted by molar-refractivity contribution is 0.251. The molecule has 0 spiro atoms. The summed E-state index contributed by atoms with van der Waals surface area (Å²) in [6.45, 7) is 2.23. The molecule has 6 heteroatoms. The van der Waals surface area contributed by atoms with Crippen molar-refractivity contribution in [3.05, 3.63) is 78.1 Å². The lowest BCUT2D eigenvalue weighted by Gasteiger charge is -2.13. The Morgan fingerprint density at radius 1 is 1.17 bits per heavy atom. The van der Waals surface area contributed by atoms with E-state index >= 15 is 0 Å². The summed E-state index contributed by atoms with van der Waals surface area (Å²) in [5, 5.41) is 5.25. The third-order valence-corrected chi connectivity index (χ3v) is 3.64. The van der Waals surface area contributed by atoms with Crippen LogP contribution in [0.15, 0.2) is 60.9 Å². The molecule has 2 N–H and O–H groups in total. The van der Waals surface area contributed by atoms with E-state index in [0.29, 0.717) is 6.54 Å². The zero-order valence-corrected chi connectivity index (χ0v) is 13.2. The van der Waals surface area contributed by atoms with Crippen LogP contribution in [-0.2, 0) is 6.54 Å². The molecule has 24 heavy (non-hydrogen) atoms. The smallest absolute Gasteiger partial charge is 0.319 e. The van der Waals surface area contributed by atoms with Crippen LogP contribution in [-0.4, -0.2) is 15.6 Å². The Labute approximate surface area is 139 Å². The van der Waals surface area contributed by atoms with E-state index in [2.05, 4.69) is 15.6 Å². The summed E-state index contributed by atoms with van der Waals surface area (Å²) in [6.07, 6.45) is 3.60. The molecule has 3 aromatic rings. The molecule has 0 saturated carbocycles. The number of amides is 2. The second kappa shape index (κ2) is 6.95. The summed E-state index contributed by atoms with van der Waals surface area (Å²) in [6, 6.07) is 13.3. The van der Waals surface area contributed by atoms with E-state index in [0.717, 1.165) is 17.1 Å². The van der Waals surface area contributed by atoms with Crippen molar-refractivity contribution in [1.29, 1.82) is 0 Å². The molecule has 0 saturated heterocycles. The normalized spacial score (nSPS) is 10.4. The fraction of sp³-hybridized carbons (Fsp3) is 0.111. The minimum atomic E-state index is -0.470. The van der Waals surface area contributed by atoms with Crippen molar-refractivity contribution in [3.8, 4) is 5.69 Å². The summed E-state index contributed by atoms with van der Waals surface area (Å²) < 4.78 is 15.5. The first-order valence-corrected chi connectivity index (χ1v) is 7.53. The van der Waals surface area contributed by atoms with E-state index < -0.39 is 11.8 Å². The Kier molecular flexibility index (Phi) is 4.56. The summed E-state index contributed by atoms with van der Waals surface area (Å²) >= 11 is 0. The van der Waals surface area contributed by atoms with Crippen LogP contribution in [0, 0.1) is 12.7 Å². The van der Waals surface area contributed by atoms with Gasteiger partial charge in [-0.3, -0.25) is 0 Å². The van der Waals surface area contributed by atoms with Gasteiger partial charge in [-0.05, 0) is 30.7 Å². The van der Waals surface area contributed by atoms with Gasteiger partial charge in [0.25, 0.3) is 0 Å². The number of imidazole rings is 1. The molecule has 0 radical (unpaired) electrons. The number of nitrogens with zero attached hydrogens (tertiary/aromatic N) is 2. The molecule has 2 amide bonds. The van der Waals surface area contributed by atoms with E-state index in [1.54, 1.807) is 18.3 Å². The van der Waals surface area contributed by atoms with E-state index in [4.69, 9.17) is 0 Å². The molecular formula is C18H17FN4O. The van der Waals surface area contributed by atoms with Crippen molar-refractivity contribution in [3.63, 3.8) is 0 Å². The first-order valence-electron chi connectivity index (χ1n) is 7.53. The van der Waals surface area contributed by atoms with E-state index in [1.165, 1.54) is 12.1 Å². The monoisotopic (exact) mass is 324 g/mol. The molecule has 1 heterocycles. The van der Waals surface area contributed by atoms with Gasteiger partial charge >= 0.3 is 6.03 Å². The van der Waals surface area contributed by atoms with Gasteiger partial charge in [0.05, 0.1) is 11.4 Å². The number of carbonyl (C=O) groups excluding carboxylic acids is 1. The molecule has 0 bridgehead atoms. The molecule has 0 unspecified atom stereocenters. The van der Waals surface area contributed by atoms with Crippen LogP contribution >= 0.6 is 0 Å². The minimum Gasteiger partial charge on any atom is -0.334 e. The van der Waals surface area contributed by atoms with Gasteiger partial charge < -0.3 is 15.2 Å². The molecule has 0 fully saturated rings. The summed E-state index contributed by atoms with van der Waals surface area (Å²) in [4.78, 5) is 16.2. The zero-order chi connectivity index (χ0) is 16.9. The Morgan fingerprint density at radius 2 is 1.92 bits per heavy atom. The van der Waals surface area contributed by atoms with Gasteiger partial charge in [-0.2, -0.15) is 0 Å². The predicted molar refractivity (Wildman–Crippen MR) is 90.6 cm³/mol. The van der Waals surface area contributed by atoms with Crippen molar-refractivity contribution in [2.24, 2.45) is 0 Å². The maximum absolute atomic E-state index is 13.6. The first-order chi connectivity index (χ1) is 11.6. The van der Waals surface area contributed by atoms with Crippen molar-refractivity contribution in [2.45, 2.75) is 13.5 Å². The van der Waals surface area contributed by atoms with Crippen LogP contribution < -0.4 is 10.6 Å². The second-order valence-electron chi connectivity index (χ2n) is 5.26. The number of anilines is 1. The average Bonchev–Trinajstić information content (AvgIpc) is 3.01. The fourth-order valence-electron chi connectivity index (χ4n) is 2.43. The maximum atomic E-state index is 13.6. The topological polar surface area (TPSA) is 59.0 Å². The number of hydrogen-bond donors (Lipinski definition) is 2. The summed E-state index contributed by atoms with van der Waals surface area (Å²) in [5.74, 6) is 0.389. The van der Waals surface area contributed by atoms with Gasteiger partial charge in [0.1, 0.15) is 11.6 Å². The molecule has 3 rings (SSSR count). The Bertz CT molecular complexity index is 859. The first kappa shape index (κ1) is 15.7. The largest absolute Gasteiger partial charge is 0.334 e. The Morgan fingerprint density at radius 3 is 2.67 bits per heavy atom. The van der Waals surface area contributed by atoms with Crippen LogP contribution in [0.4, 0.5) is 14.9 Å². The third-order valence-electron chi connectivity index (χ3n) is 3.64. The highest BCUT2D eigenvalue weighted by molar-refractivity contribution is 5.89. The highest BCUT2D eigenvalue weighted by Gasteiger charge is 2.09. The fourth-order valence-corrected chi connectivity index (χ4v) is 2.43. The summed E-state index contributed by atoms with van der Waals surface area (Å²) in [7, 11) is 0. The Hall–Kier alpha value is -3.15. The molecular weight excluding hydrogens is 307 g/mol. The predicted octanol–water partition coefficient (Wildman–Crippen LogP) is 3.64. The van der Waals surface area contributed by atoms with Crippen molar-refractivity contribution in [1.82, 2.24) is 14.9 Å². The molecule has 0 aliphatic heterocycles.